The van der Waals surface area contributed by atoms with E-state index >= 15 is 0 Å². The number of esters is 2. The molecule has 170 valence electrons. The fourth-order valence-corrected chi connectivity index (χ4v) is 2.56. The van der Waals surface area contributed by atoms with Gasteiger partial charge in [0, 0.05) is 0 Å². The van der Waals surface area contributed by atoms with Crippen LogP contribution in [0.2, 0.25) is 0 Å². The minimum Gasteiger partial charge on any atom is -0.464 e. The number of aromatic nitrogens is 2. The van der Waals surface area contributed by atoms with Gasteiger partial charge in [-0.1, -0.05) is 24.3 Å². The quantitative estimate of drug-likeness (QED) is 0.492. The van der Waals surface area contributed by atoms with Gasteiger partial charge < -0.3 is 24.5 Å². The van der Waals surface area contributed by atoms with Crippen molar-refractivity contribution in [1.82, 2.24) is 15.3 Å². The monoisotopic (exact) mass is 443 g/mol. The van der Waals surface area contributed by atoms with Crippen molar-refractivity contribution in [3.63, 3.8) is 0 Å². The lowest BCUT2D eigenvalue weighted by molar-refractivity contribution is 0.0501. The second kappa shape index (κ2) is 10.4. The van der Waals surface area contributed by atoms with Gasteiger partial charge in [-0.05, 0) is 39.3 Å². The SMILES string of the molecule is C=CCC(NC(=O)OC(C)(C)C)c1nc(C(=O)OC)c(OC(=O)c2ccccc2)c(=O)[nH]1. The molecule has 0 aliphatic heterocycles. The third-order valence-electron chi connectivity index (χ3n) is 3.90. The van der Waals surface area contributed by atoms with Crippen molar-refractivity contribution >= 4 is 18.0 Å². The average Bonchev–Trinajstić information content (AvgIpc) is 2.73. The Hall–Kier alpha value is -3.95. The number of alkyl carbamates (subject to hydrolysis) is 1. The highest BCUT2D eigenvalue weighted by Gasteiger charge is 2.27. The summed E-state index contributed by atoms with van der Waals surface area (Å²) in [5, 5.41) is 2.56. The molecule has 0 saturated heterocycles. The number of carbonyl (C=O) groups is 3. The third-order valence-corrected chi connectivity index (χ3v) is 3.90. The van der Waals surface area contributed by atoms with Crippen LogP contribution in [0, 0.1) is 0 Å². The van der Waals surface area contributed by atoms with Gasteiger partial charge in [0.25, 0.3) is 5.56 Å². The Morgan fingerprint density at radius 2 is 1.84 bits per heavy atom. The Bertz CT molecular complexity index is 1060. The number of nitrogens with zero attached hydrogens (tertiary/aromatic N) is 1. The first-order valence-corrected chi connectivity index (χ1v) is 9.66. The van der Waals surface area contributed by atoms with Gasteiger partial charge in [-0.25, -0.2) is 19.4 Å². The van der Waals surface area contributed by atoms with E-state index in [1.165, 1.54) is 18.2 Å². The molecule has 0 saturated carbocycles. The highest BCUT2D eigenvalue weighted by Crippen LogP contribution is 2.19. The van der Waals surface area contributed by atoms with E-state index in [1.54, 1.807) is 39.0 Å². The van der Waals surface area contributed by atoms with Gasteiger partial charge in [0.2, 0.25) is 5.75 Å². The molecule has 2 rings (SSSR count). The molecule has 10 heteroatoms. The minimum atomic E-state index is -0.997. The molecule has 0 fully saturated rings. The predicted octanol–water partition coefficient (Wildman–Crippen LogP) is 2.92. The Kier molecular flexibility index (Phi) is 7.89. The zero-order valence-corrected chi connectivity index (χ0v) is 18.3. The van der Waals surface area contributed by atoms with Crippen LogP contribution in [0.3, 0.4) is 0 Å². The number of hydrogen-bond acceptors (Lipinski definition) is 8. The van der Waals surface area contributed by atoms with Crippen molar-refractivity contribution < 1.29 is 28.6 Å². The number of amides is 1. The smallest absolute Gasteiger partial charge is 0.408 e. The van der Waals surface area contributed by atoms with Crippen LogP contribution in [-0.2, 0) is 9.47 Å². The number of rotatable bonds is 7. The molecule has 1 unspecified atom stereocenters. The number of hydrogen-bond donors (Lipinski definition) is 2. The van der Waals surface area contributed by atoms with E-state index in [0.29, 0.717) is 0 Å². The molecular weight excluding hydrogens is 418 g/mol. The molecule has 0 aliphatic carbocycles. The van der Waals surface area contributed by atoms with Crippen molar-refractivity contribution in [3.05, 3.63) is 70.4 Å². The normalized spacial score (nSPS) is 11.8. The molecule has 1 aromatic heterocycles. The van der Waals surface area contributed by atoms with E-state index in [2.05, 4.69) is 26.6 Å². The van der Waals surface area contributed by atoms with E-state index < -0.39 is 46.7 Å². The van der Waals surface area contributed by atoms with Crippen LogP contribution in [-0.4, -0.2) is 40.7 Å². The van der Waals surface area contributed by atoms with Gasteiger partial charge in [0.15, 0.2) is 5.69 Å². The van der Waals surface area contributed by atoms with E-state index in [9.17, 15) is 19.2 Å². The first-order chi connectivity index (χ1) is 15.1. The van der Waals surface area contributed by atoms with Crippen LogP contribution in [0.25, 0.3) is 0 Å². The summed E-state index contributed by atoms with van der Waals surface area (Å²) in [7, 11) is 1.09. The van der Waals surface area contributed by atoms with Crippen LogP contribution in [0.15, 0.2) is 47.8 Å². The number of benzene rings is 1. The average molecular weight is 443 g/mol. The molecule has 0 radical (unpaired) electrons. The topological polar surface area (TPSA) is 137 Å². The van der Waals surface area contributed by atoms with Gasteiger partial charge in [-0.15, -0.1) is 6.58 Å². The van der Waals surface area contributed by atoms with E-state index in [-0.39, 0.29) is 17.8 Å². The van der Waals surface area contributed by atoms with Crippen LogP contribution in [0.1, 0.15) is 59.9 Å². The lowest BCUT2D eigenvalue weighted by atomic mass is 10.2. The van der Waals surface area contributed by atoms with Crippen molar-refractivity contribution in [2.24, 2.45) is 0 Å². The molecular formula is C22H25N3O7. The van der Waals surface area contributed by atoms with Gasteiger partial charge in [0.1, 0.15) is 11.4 Å². The number of H-pyrrole nitrogens is 1. The fraction of sp³-hybridized carbons (Fsp3) is 0.318. The number of methoxy groups -OCH3 is 1. The van der Waals surface area contributed by atoms with Crippen LogP contribution >= 0.6 is 0 Å². The van der Waals surface area contributed by atoms with Crippen LogP contribution < -0.4 is 15.6 Å². The molecule has 0 aliphatic rings. The predicted molar refractivity (Wildman–Crippen MR) is 115 cm³/mol. The maximum atomic E-state index is 12.7. The van der Waals surface area contributed by atoms with Crippen molar-refractivity contribution in [2.75, 3.05) is 7.11 Å². The second-order valence-electron chi connectivity index (χ2n) is 7.60. The second-order valence-corrected chi connectivity index (χ2v) is 7.60. The van der Waals surface area contributed by atoms with Gasteiger partial charge >= 0.3 is 18.0 Å². The summed E-state index contributed by atoms with van der Waals surface area (Å²) in [6.45, 7) is 8.71. The lowest BCUT2D eigenvalue weighted by Gasteiger charge is -2.23. The molecule has 0 spiro atoms. The summed E-state index contributed by atoms with van der Waals surface area (Å²) in [5.74, 6) is -2.54. The molecule has 0 bridgehead atoms. The summed E-state index contributed by atoms with van der Waals surface area (Å²) in [6.07, 6.45) is 0.890. The van der Waals surface area contributed by atoms with E-state index in [1.807, 2.05) is 0 Å². The number of carbonyl (C=O) groups excluding carboxylic acids is 3. The highest BCUT2D eigenvalue weighted by atomic mass is 16.6. The summed E-state index contributed by atoms with van der Waals surface area (Å²) in [4.78, 5) is 56.1. The molecule has 2 N–H and O–H groups in total. The molecule has 2 aromatic rings. The van der Waals surface area contributed by atoms with Crippen molar-refractivity contribution in [1.29, 1.82) is 0 Å². The number of ether oxygens (including phenoxy) is 3. The summed E-state index contributed by atoms with van der Waals surface area (Å²) < 4.78 is 15.1. The fourth-order valence-electron chi connectivity index (χ4n) is 2.56. The van der Waals surface area contributed by atoms with E-state index in [0.717, 1.165) is 7.11 Å². The van der Waals surface area contributed by atoms with Crippen LogP contribution in [0.5, 0.6) is 5.75 Å². The van der Waals surface area contributed by atoms with E-state index in [4.69, 9.17) is 9.47 Å². The van der Waals surface area contributed by atoms with Crippen molar-refractivity contribution in [3.8, 4) is 5.75 Å². The number of nitrogens with one attached hydrogen (secondary N) is 2. The highest BCUT2D eigenvalue weighted by molar-refractivity contribution is 5.94. The zero-order valence-electron chi connectivity index (χ0n) is 18.3. The molecule has 32 heavy (non-hydrogen) atoms. The largest absolute Gasteiger partial charge is 0.464 e. The van der Waals surface area contributed by atoms with Gasteiger partial charge in [-0.2, -0.15) is 0 Å². The third kappa shape index (κ3) is 6.53. The maximum Gasteiger partial charge on any atom is 0.408 e. The standard InChI is InChI=1S/C22H25N3O7/c1-6-10-14(23-21(29)32-22(2,3)4)17-24-15(20(28)30-5)16(18(26)25-17)31-19(27)13-11-8-7-9-12-13/h6-9,11-12,14H,1,10H2,2-5H3,(H,23,29)(H,24,25,26). The zero-order chi connectivity index (χ0) is 23.9. The Morgan fingerprint density at radius 3 is 2.41 bits per heavy atom. The van der Waals surface area contributed by atoms with Gasteiger partial charge in [-0.3, -0.25) is 4.79 Å². The Balaban J connectivity index is 2.44. The Morgan fingerprint density at radius 1 is 1.19 bits per heavy atom. The first kappa shape index (κ1) is 24.3. The van der Waals surface area contributed by atoms with Crippen molar-refractivity contribution in [2.45, 2.75) is 38.8 Å². The molecule has 1 aromatic carbocycles. The Labute approximate surface area is 184 Å². The lowest BCUT2D eigenvalue weighted by Crippen LogP contribution is -2.36. The maximum absolute atomic E-state index is 12.7. The summed E-state index contributed by atoms with van der Waals surface area (Å²) in [5.41, 5.74) is -2.01. The summed E-state index contributed by atoms with van der Waals surface area (Å²) >= 11 is 0. The summed E-state index contributed by atoms with van der Waals surface area (Å²) in [6, 6.07) is 7.04. The molecule has 1 amide bonds. The van der Waals surface area contributed by atoms with Crippen LogP contribution in [0.4, 0.5) is 4.79 Å². The van der Waals surface area contributed by atoms with Gasteiger partial charge in [0.05, 0.1) is 18.7 Å². The first-order valence-electron chi connectivity index (χ1n) is 9.66. The minimum absolute atomic E-state index is 0.0688. The number of aromatic amines is 1. The molecule has 1 atom stereocenters. The molecule has 10 nitrogen and oxygen atoms in total. The molecule has 1 heterocycles.